The fourth-order valence-electron chi connectivity index (χ4n) is 1.88. The predicted octanol–water partition coefficient (Wildman–Crippen LogP) is 1.66. The molecule has 0 aliphatic rings. The molecule has 0 bridgehead atoms. The maximum Gasteiger partial charge on any atom is 0.417 e. The summed E-state index contributed by atoms with van der Waals surface area (Å²) in [6.45, 7) is -0.327. The van der Waals surface area contributed by atoms with Gasteiger partial charge in [0.05, 0.1) is 16.1 Å². The van der Waals surface area contributed by atoms with Crippen LogP contribution in [0.15, 0.2) is 29.2 Å². The second-order valence-electron chi connectivity index (χ2n) is 4.22. The molecule has 5 nitrogen and oxygen atoms in total. The fourth-order valence-corrected chi connectivity index (χ4v) is 2.15. The number of halogens is 4. The van der Waals surface area contributed by atoms with Crippen molar-refractivity contribution in [2.24, 2.45) is 5.84 Å². The summed E-state index contributed by atoms with van der Waals surface area (Å²) in [5.41, 5.74) is 0.235. The molecular formula is C12H9ClF3N3O2. The van der Waals surface area contributed by atoms with Gasteiger partial charge in [0.15, 0.2) is 5.43 Å². The first-order valence-corrected chi connectivity index (χ1v) is 6.01. The minimum Gasteiger partial charge on any atom is -0.338 e. The highest BCUT2D eigenvalue weighted by molar-refractivity contribution is 6.32. The number of nitrogens with zero attached hydrogens (tertiary/aromatic N) is 1. The minimum atomic E-state index is -4.67. The Balaban J connectivity index is 2.75. The van der Waals surface area contributed by atoms with Crippen LogP contribution >= 0.6 is 11.6 Å². The van der Waals surface area contributed by atoms with Gasteiger partial charge in [0, 0.05) is 17.6 Å². The monoisotopic (exact) mass is 319 g/mol. The summed E-state index contributed by atoms with van der Waals surface area (Å²) in [6.07, 6.45) is -3.45. The number of nitrogens with one attached hydrogen (secondary N) is 1. The molecule has 9 heteroatoms. The van der Waals surface area contributed by atoms with Crippen LogP contribution in [0.3, 0.4) is 0 Å². The van der Waals surface area contributed by atoms with E-state index in [9.17, 15) is 22.8 Å². The summed E-state index contributed by atoms with van der Waals surface area (Å²) in [5, 5.41) is -0.589. The van der Waals surface area contributed by atoms with Crippen LogP contribution in [0.4, 0.5) is 13.2 Å². The molecule has 0 atom stereocenters. The lowest BCUT2D eigenvalue weighted by Gasteiger charge is -2.14. The molecule has 21 heavy (non-hydrogen) atoms. The van der Waals surface area contributed by atoms with E-state index in [1.54, 1.807) is 0 Å². The number of benzene rings is 1. The summed E-state index contributed by atoms with van der Waals surface area (Å²) in [5.74, 6) is 4.32. The molecule has 1 amide bonds. The first-order chi connectivity index (χ1) is 9.74. The van der Waals surface area contributed by atoms with Gasteiger partial charge >= 0.3 is 6.18 Å². The number of carbonyl (C=O) groups excluding carboxylic acids is 1. The topological polar surface area (TPSA) is 77.1 Å². The summed E-state index contributed by atoms with van der Waals surface area (Å²) in [7, 11) is 0. The molecule has 0 radical (unpaired) electrons. The van der Waals surface area contributed by atoms with Gasteiger partial charge in [-0.15, -0.1) is 0 Å². The van der Waals surface area contributed by atoms with Crippen LogP contribution in [0.5, 0.6) is 0 Å². The average Bonchev–Trinajstić information content (AvgIpc) is 2.40. The van der Waals surface area contributed by atoms with E-state index in [0.717, 1.165) is 18.2 Å². The van der Waals surface area contributed by atoms with Crippen molar-refractivity contribution in [3.63, 3.8) is 0 Å². The highest BCUT2D eigenvalue weighted by Gasteiger charge is 2.33. The number of hydrogen-bond donors (Lipinski definition) is 2. The van der Waals surface area contributed by atoms with E-state index in [0.29, 0.717) is 0 Å². The standard InChI is InChI=1S/C12H9ClF3N3O2/c13-8-3-6-9(4-7(8)12(14,15)16)19(2-1-10(6)20)5-11(21)18-17/h1-4H,5,17H2,(H,18,21). The maximum absolute atomic E-state index is 12.9. The zero-order chi connectivity index (χ0) is 15.8. The van der Waals surface area contributed by atoms with Crippen molar-refractivity contribution in [3.05, 3.63) is 45.2 Å². The summed E-state index contributed by atoms with van der Waals surface area (Å²) in [6, 6.07) is 2.82. The van der Waals surface area contributed by atoms with Gasteiger partial charge in [-0.05, 0) is 12.1 Å². The number of nitrogens with two attached hydrogens (primary N) is 1. The van der Waals surface area contributed by atoms with E-state index >= 15 is 0 Å². The Morgan fingerprint density at radius 3 is 2.62 bits per heavy atom. The summed E-state index contributed by atoms with van der Waals surface area (Å²) in [4.78, 5) is 23.0. The van der Waals surface area contributed by atoms with Gasteiger partial charge in [0.1, 0.15) is 6.54 Å². The molecule has 1 aromatic heterocycles. The number of hydrazine groups is 1. The van der Waals surface area contributed by atoms with Crippen LogP contribution in [0.1, 0.15) is 5.56 Å². The van der Waals surface area contributed by atoms with Crippen molar-refractivity contribution < 1.29 is 18.0 Å². The summed E-state index contributed by atoms with van der Waals surface area (Å²) >= 11 is 5.58. The third-order valence-electron chi connectivity index (χ3n) is 2.85. The Hall–Kier alpha value is -2.06. The van der Waals surface area contributed by atoms with Gasteiger partial charge in [0.2, 0.25) is 0 Å². The van der Waals surface area contributed by atoms with Crippen LogP contribution < -0.4 is 16.7 Å². The molecule has 0 saturated carbocycles. The smallest absolute Gasteiger partial charge is 0.338 e. The van der Waals surface area contributed by atoms with Crippen molar-refractivity contribution in [2.75, 3.05) is 0 Å². The molecule has 1 aromatic carbocycles. The van der Waals surface area contributed by atoms with E-state index in [1.165, 1.54) is 10.8 Å². The second-order valence-corrected chi connectivity index (χ2v) is 4.63. The number of pyridine rings is 1. The van der Waals surface area contributed by atoms with Crippen molar-refractivity contribution in [3.8, 4) is 0 Å². The van der Waals surface area contributed by atoms with Gasteiger partial charge < -0.3 is 4.57 Å². The Labute approximate surface area is 121 Å². The molecule has 112 valence electrons. The fraction of sp³-hybridized carbons (Fsp3) is 0.167. The number of alkyl halides is 3. The van der Waals surface area contributed by atoms with Crippen molar-refractivity contribution in [2.45, 2.75) is 12.7 Å². The third-order valence-corrected chi connectivity index (χ3v) is 3.16. The number of hydrogen-bond acceptors (Lipinski definition) is 3. The van der Waals surface area contributed by atoms with Crippen molar-refractivity contribution in [1.82, 2.24) is 9.99 Å². The van der Waals surface area contributed by atoms with Crippen LogP contribution in [0.2, 0.25) is 5.02 Å². The van der Waals surface area contributed by atoms with Gasteiger partial charge in [-0.1, -0.05) is 11.6 Å². The van der Waals surface area contributed by atoms with E-state index in [2.05, 4.69) is 0 Å². The third kappa shape index (κ3) is 3.01. The number of carbonyl (C=O) groups is 1. The second kappa shape index (κ2) is 5.38. The highest BCUT2D eigenvalue weighted by Crippen LogP contribution is 2.36. The lowest BCUT2D eigenvalue weighted by molar-refractivity contribution is -0.137. The van der Waals surface area contributed by atoms with Gasteiger partial charge in [-0.25, -0.2) is 5.84 Å². The molecule has 0 fully saturated rings. The molecule has 0 spiro atoms. The van der Waals surface area contributed by atoms with Crippen molar-refractivity contribution >= 4 is 28.4 Å². The Morgan fingerprint density at radius 1 is 1.38 bits per heavy atom. The Morgan fingerprint density at radius 2 is 2.05 bits per heavy atom. The number of rotatable bonds is 2. The highest BCUT2D eigenvalue weighted by atomic mass is 35.5. The molecule has 0 aliphatic heterocycles. The van der Waals surface area contributed by atoms with Crippen LogP contribution in [0, 0.1) is 0 Å². The zero-order valence-electron chi connectivity index (χ0n) is 10.4. The van der Waals surface area contributed by atoms with Crippen LogP contribution in [-0.2, 0) is 17.5 Å². The van der Waals surface area contributed by atoms with Gasteiger partial charge in [-0.3, -0.25) is 15.0 Å². The molecule has 3 N–H and O–H groups in total. The van der Waals surface area contributed by atoms with Crippen molar-refractivity contribution in [1.29, 1.82) is 0 Å². The number of aromatic nitrogens is 1. The van der Waals surface area contributed by atoms with E-state index in [-0.39, 0.29) is 17.4 Å². The van der Waals surface area contributed by atoms with E-state index < -0.39 is 28.1 Å². The molecule has 0 saturated heterocycles. The Kier molecular flexibility index (Phi) is 3.93. The molecular weight excluding hydrogens is 311 g/mol. The lowest BCUT2D eigenvalue weighted by atomic mass is 10.1. The SMILES string of the molecule is NNC(=O)Cn1ccc(=O)c2cc(Cl)c(C(F)(F)F)cc21. The molecule has 2 rings (SSSR count). The maximum atomic E-state index is 12.9. The molecule has 0 unspecified atom stereocenters. The van der Waals surface area contributed by atoms with Gasteiger partial charge in [0.25, 0.3) is 5.91 Å². The molecule has 1 heterocycles. The van der Waals surface area contributed by atoms with E-state index in [4.69, 9.17) is 17.4 Å². The van der Waals surface area contributed by atoms with Crippen LogP contribution in [0.25, 0.3) is 10.9 Å². The average molecular weight is 320 g/mol. The molecule has 2 aromatic rings. The number of amides is 1. The van der Waals surface area contributed by atoms with E-state index in [1.807, 2.05) is 5.43 Å². The lowest BCUT2D eigenvalue weighted by Crippen LogP contribution is -2.33. The zero-order valence-corrected chi connectivity index (χ0v) is 11.1. The van der Waals surface area contributed by atoms with Gasteiger partial charge in [-0.2, -0.15) is 13.2 Å². The predicted molar refractivity (Wildman–Crippen MR) is 70.6 cm³/mol. The first-order valence-electron chi connectivity index (χ1n) is 5.63. The Bertz CT molecular complexity index is 771. The number of fused-ring (bicyclic) bond motifs is 1. The summed E-state index contributed by atoms with van der Waals surface area (Å²) < 4.78 is 39.8. The molecule has 0 aliphatic carbocycles. The largest absolute Gasteiger partial charge is 0.417 e. The minimum absolute atomic E-state index is 0.0136. The normalized spacial score (nSPS) is 11.7. The quantitative estimate of drug-likeness (QED) is 0.502. The van der Waals surface area contributed by atoms with Crippen LogP contribution in [-0.4, -0.2) is 10.5 Å². The first kappa shape index (κ1) is 15.3.